The lowest BCUT2D eigenvalue weighted by Gasteiger charge is -2.29. The fourth-order valence-corrected chi connectivity index (χ4v) is 2.03. The van der Waals surface area contributed by atoms with Crippen molar-refractivity contribution in [1.82, 2.24) is 0 Å². The van der Waals surface area contributed by atoms with Gasteiger partial charge in [-0.2, -0.15) is 0 Å². The van der Waals surface area contributed by atoms with Gasteiger partial charge in [0.25, 0.3) is 0 Å². The summed E-state index contributed by atoms with van der Waals surface area (Å²) in [4.78, 5) is 0. The Hall–Kier alpha value is -0.0400. The van der Waals surface area contributed by atoms with Crippen LogP contribution >= 0.6 is 0 Å². The fourth-order valence-electron chi connectivity index (χ4n) is 2.03. The Morgan fingerprint density at radius 3 is 2.23 bits per heavy atom. The third kappa shape index (κ3) is 3.30. The maximum Gasteiger partial charge on any atom is 0.0648 e. The van der Waals surface area contributed by atoms with Gasteiger partial charge in [-0.05, 0) is 31.1 Å². The lowest BCUT2D eigenvalue weighted by molar-refractivity contribution is 0.0260. The van der Waals surface area contributed by atoms with E-state index >= 15 is 0 Å². The summed E-state index contributed by atoms with van der Waals surface area (Å²) in [6.07, 6.45) is 7.91. The van der Waals surface area contributed by atoms with Crippen molar-refractivity contribution in [2.24, 2.45) is 5.41 Å². The van der Waals surface area contributed by atoms with Crippen LogP contribution in [0.3, 0.4) is 0 Å². The first-order chi connectivity index (χ1) is 5.97. The van der Waals surface area contributed by atoms with Gasteiger partial charge in [0.15, 0.2) is 0 Å². The van der Waals surface area contributed by atoms with Crippen molar-refractivity contribution in [2.75, 3.05) is 0 Å². The van der Waals surface area contributed by atoms with Gasteiger partial charge in [-0.1, -0.05) is 40.0 Å². The topological polar surface area (TPSA) is 20.2 Å². The van der Waals surface area contributed by atoms with Gasteiger partial charge in [0.2, 0.25) is 0 Å². The van der Waals surface area contributed by atoms with E-state index in [2.05, 4.69) is 20.8 Å². The molecular formula is C12H24O. The minimum atomic E-state index is -0.299. The molecule has 0 bridgehead atoms. The Labute approximate surface area is 82.5 Å². The maximum absolute atomic E-state index is 10.2. The van der Waals surface area contributed by atoms with E-state index < -0.39 is 0 Å². The van der Waals surface area contributed by atoms with Gasteiger partial charge in [0.05, 0.1) is 5.60 Å². The van der Waals surface area contributed by atoms with Gasteiger partial charge >= 0.3 is 0 Å². The van der Waals surface area contributed by atoms with Crippen molar-refractivity contribution >= 4 is 0 Å². The normalized spacial score (nSPS) is 22.2. The van der Waals surface area contributed by atoms with E-state index in [-0.39, 0.29) is 5.60 Å². The smallest absolute Gasteiger partial charge is 0.0648 e. The van der Waals surface area contributed by atoms with Crippen molar-refractivity contribution in [1.29, 1.82) is 0 Å². The zero-order chi connectivity index (χ0) is 9.95. The summed E-state index contributed by atoms with van der Waals surface area (Å²) in [7, 11) is 0. The van der Waals surface area contributed by atoms with Crippen molar-refractivity contribution in [3.63, 3.8) is 0 Å². The summed E-state index contributed by atoms with van der Waals surface area (Å²) in [6.45, 7) is 6.83. The Morgan fingerprint density at radius 1 is 1.23 bits per heavy atom. The summed E-state index contributed by atoms with van der Waals surface area (Å²) in [6, 6.07) is 0. The lowest BCUT2D eigenvalue weighted by Crippen LogP contribution is -2.26. The van der Waals surface area contributed by atoms with Crippen LogP contribution in [0.1, 0.15) is 65.7 Å². The second kappa shape index (κ2) is 4.00. The van der Waals surface area contributed by atoms with Crippen molar-refractivity contribution in [2.45, 2.75) is 71.3 Å². The molecule has 1 aliphatic carbocycles. The van der Waals surface area contributed by atoms with Crippen LogP contribution in [0.2, 0.25) is 0 Å². The molecule has 1 rings (SSSR count). The monoisotopic (exact) mass is 184 g/mol. The highest BCUT2D eigenvalue weighted by molar-refractivity contribution is 4.85. The van der Waals surface area contributed by atoms with Crippen LogP contribution in [0.15, 0.2) is 0 Å². The predicted octanol–water partition coefficient (Wildman–Crippen LogP) is 3.51. The number of rotatable bonds is 4. The summed E-state index contributed by atoms with van der Waals surface area (Å²) >= 11 is 0. The second-order valence-corrected chi connectivity index (χ2v) is 5.45. The van der Waals surface area contributed by atoms with Gasteiger partial charge in [0, 0.05) is 0 Å². The second-order valence-electron chi connectivity index (χ2n) is 5.45. The molecule has 1 fully saturated rings. The Morgan fingerprint density at radius 2 is 1.77 bits per heavy atom. The Balaban J connectivity index is 2.32. The molecule has 0 spiro atoms. The molecule has 0 saturated heterocycles. The first-order valence-corrected chi connectivity index (χ1v) is 5.70. The Kier molecular flexibility index (Phi) is 3.39. The molecule has 1 heteroatoms. The minimum Gasteiger partial charge on any atom is -0.390 e. The maximum atomic E-state index is 10.2. The molecule has 78 valence electrons. The molecule has 0 heterocycles. The lowest BCUT2D eigenvalue weighted by atomic mass is 9.81. The highest BCUT2D eigenvalue weighted by Crippen LogP contribution is 2.37. The number of hydrogen-bond donors (Lipinski definition) is 1. The average Bonchev–Trinajstić information content (AvgIpc) is 2.50. The molecule has 0 aromatic rings. The van der Waals surface area contributed by atoms with Gasteiger partial charge in [-0.3, -0.25) is 0 Å². The average molecular weight is 184 g/mol. The zero-order valence-corrected chi connectivity index (χ0v) is 9.40. The zero-order valence-electron chi connectivity index (χ0n) is 9.40. The quantitative estimate of drug-likeness (QED) is 0.709. The molecule has 0 radical (unpaired) electrons. The Bertz CT molecular complexity index is 155. The first kappa shape index (κ1) is 11.0. The number of hydrogen-bond acceptors (Lipinski definition) is 1. The van der Waals surface area contributed by atoms with Crippen LogP contribution in [0, 0.1) is 5.41 Å². The van der Waals surface area contributed by atoms with Crippen LogP contribution in [0.25, 0.3) is 0 Å². The molecule has 1 N–H and O–H groups in total. The number of aliphatic hydroxyl groups is 1. The van der Waals surface area contributed by atoms with E-state index in [1.807, 2.05) is 0 Å². The molecule has 13 heavy (non-hydrogen) atoms. The summed E-state index contributed by atoms with van der Waals surface area (Å²) < 4.78 is 0. The van der Waals surface area contributed by atoms with Gasteiger partial charge in [-0.25, -0.2) is 0 Å². The van der Waals surface area contributed by atoms with E-state index in [0.29, 0.717) is 5.41 Å². The molecule has 0 aliphatic heterocycles. The van der Waals surface area contributed by atoms with Gasteiger partial charge < -0.3 is 5.11 Å². The third-order valence-electron chi connectivity index (χ3n) is 3.76. The SMILES string of the molecule is CCC(C)(C)CCC1(O)CCCC1. The summed E-state index contributed by atoms with van der Waals surface area (Å²) in [5.74, 6) is 0. The molecule has 0 aromatic carbocycles. The van der Waals surface area contributed by atoms with Crippen LogP contribution in [-0.2, 0) is 0 Å². The molecule has 0 unspecified atom stereocenters. The van der Waals surface area contributed by atoms with Crippen LogP contribution in [0.5, 0.6) is 0 Å². The molecular weight excluding hydrogens is 160 g/mol. The third-order valence-corrected chi connectivity index (χ3v) is 3.76. The fraction of sp³-hybridized carbons (Fsp3) is 1.00. The predicted molar refractivity (Wildman–Crippen MR) is 56.7 cm³/mol. The molecule has 0 amide bonds. The summed E-state index contributed by atoms with van der Waals surface area (Å²) in [5.41, 5.74) is 0.116. The molecule has 1 aliphatic rings. The highest BCUT2D eigenvalue weighted by Gasteiger charge is 2.32. The van der Waals surface area contributed by atoms with E-state index in [1.54, 1.807) is 0 Å². The van der Waals surface area contributed by atoms with Crippen LogP contribution in [-0.4, -0.2) is 10.7 Å². The molecule has 0 atom stereocenters. The van der Waals surface area contributed by atoms with Crippen molar-refractivity contribution in [3.8, 4) is 0 Å². The van der Waals surface area contributed by atoms with E-state index in [1.165, 1.54) is 25.7 Å². The van der Waals surface area contributed by atoms with Crippen molar-refractivity contribution in [3.05, 3.63) is 0 Å². The standard InChI is InChI=1S/C12H24O/c1-4-11(2,3)9-10-12(13)7-5-6-8-12/h13H,4-10H2,1-3H3. The minimum absolute atomic E-state index is 0.299. The van der Waals surface area contributed by atoms with E-state index in [9.17, 15) is 5.11 Å². The van der Waals surface area contributed by atoms with Crippen LogP contribution < -0.4 is 0 Å². The van der Waals surface area contributed by atoms with E-state index in [0.717, 1.165) is 19.3 Å². The molecule has 1 nitrogen and oxygen atoms in total. The molecule has 0 aromatic heterocycles. The van der Waals surface area contributed by atoms with Gasteiger partial charge in [-0.15, -0.1) is 0 Å². The van der Waals surface area contributed by atoms with E-state index in [4.69, 9.17) is 0 Å². The van der Waals surface area contributed by atoms with Crippen molar-refractivity contribution < 1.29 is 5.11 Å². The van der Waals surface area contributed by atoms with Crippen LogP contribution in [0.4, 0.5) is 0 Å². The first-order valence-electron chi connectivity index (χ1n) is 5.70. The summed E-state index contributed by atoms with van der Waals surface area (Å²) in [5, 5.41) is 10.2. The molecule has 1 saturated carbocycles. The highest BCUT2D eigenvalue weighted by atomic mass is 16.3. The van der Waals surface area contributed by atoms with Gasteiger partial charge in [0.1, 0.15) is 0 Å². The largest absolute Gasteiger partial charge is 0.390 e.